The van der Waals surface area contributed by atoms with Crippen molar-refractivity contribution in [3.8, 4) is 16.9 Å². The van der Waals surface area contributed by atoms with Crippen molar-refractivity contribution in [1.29, 1.82) is 0 Å². The van der Waals surface area contributed by atoms with E-state index in [1.807, 2.05) is 38.1 Å². The number of aliphatic hydroxyl groups is 1. The second kappa shape index (κ2) is 16.5. The highest BCUT2D eigenvalue weighted by Crippen LogP contribution is 2.34. The van der Waals surface area contributed by atoms with Gasteiger partial charge < -0.3 is 9.84 Å². The molecule has 0 aromatic heterocycles. The maximum Gasteiger partial charge on any atom is 0.121 e. The van der Waals surface area contributed by atoms with Gasteiger partial charge in [0.15, 0.2) is 0 Å². The van der Waals surface area contributed by atoms with E-state index in [1.165, 1.54) is 67.2 Å². The van der Waals surface area contributed by atoms with Crippen molar-refractivity contribution >= 4 is 6.08 Å². The van der Waals surface area contributed by atoms with Gasteiger partial charge in [0.2, 0.25) is 0 Å². The Bertz CT molecular complexity index is 1130. The molecule has 2 heteroatoms. The highest BCUT2D eigenvalue weighted by molar-refractivity contribution is 5.73. The second-order valence-corrected chi connectivity index (χ2v) is 9.71. The third kappa shape index (κ3) is 9.96. The van der Waals surface area contributed by atoms with E-state index in [1.54, 1.807) is 12.7 Å². The predicted molar refractivity (Wildman–Crippen MR) is 162 cm³/mol. The first kappa shape index (κ1) is 30.0. The zero-order chi connectivity index (χ0) is 27.0. The lowest BCUT2D eigenvalue weighted by atomic mass is 9.84. The summed E-state index contributed by atoms with van der Waals surface area (Å²) in [4.78, 5) is 0. The van der Waals surface area contributed by atoms with Gasteiger partial charge in [-0.15, -0.1) is 0 Å². The van der Waals surface area contributed by atoms with E-state index in [2.05, 4.69) is 62.5 Å². The number of hydrogen-bond acceptors (Lipinski definition) is 2. The molecule has 0 bridgehead atoms. The third-order valence-corrected chi connectivity index (χ3v) is 6.65. The summed E-state index contributed by atoms with van der Waals surface area (Å²) < 4.78 is 5.11. The molecule has 2 nitrogen and oxygen atoms in total. The molecule has 0 heterocycles. The van der Waals surface area contributed by atoms with Crippen molar-refractivity contribution in [3.63, 3.8) is 0 Å². The normalized spacial score (nSPS) is 11.0. The molecule has 0 fully saturated rings. The number of allylic oxidation sites excluding steroid dienone is 1. The number of benzene rings is 3. The molecule has 3 aromatic rings. The molecular weight excluding hydrogens is 452 g/mol. The minimum absolute atomic E-state index is 0.289. The van der Waals surface area contributed by atoms with Crippen LogP contribution in [0, 0.1) is 6.92 Å². The quantitative estimate of drug-likeness (QED) is 0.235. The average Bonchev–Trinajstić information content (AvgIpc) is 2.91. The number of hydrogen-bond donors (Lipinski definition) is 1. The van der Waals surface area contributed by atoms with Crippen molar-refractivity contribution < 1.29 is 9.84 Å². The van der Waals surface area contributed by atoms with Gasteiger partial charge in [-0.05, 0) is 90.1 Å². The maximum atomic E-state index is 8.36. The Morgan fingerprint density at radius 2 is 1.62 bits per heavy atom. The minimum Gasteiger partial charge on any atom is -0.513 e. The highest BCUT2D eigenvalue weighted by atomic mass is 16.5. The molecule has 0 atom stereocenters. The summed E-state index contributed by atoms with van der Waals surface area (Å²) >= 11 is 0. The van der Waals surface area contributed by atoms with E-state index in [0.29, 0.717) is 0 Å². The van der Waals surface area contributed by atoms with E-state index in [4.69, 9.17) is 9.84 Å². The number of aryl methyl sites for hydroxylation is 4. The Labute approximate surface area is 225 Å². The van der Waals surface area contributed by atoms with Gasteiger partial charge in [-0.1, -0.05) is 101 Å². The van der Waals surface area contributed by atoms with Gasteiger partial charge in [-0.3, -0.25) is 0 Å². The van der Waals surface area contributed by atoms with E-state index < -0.39 is 0 Å². The Kier molecular flexibility index (Phi) is 13.3. The molecule has 0 radical (unpaired) electrons. The van der Waals surface area contributed by atoms with E-state index in [9.17, 15) is 0 Å². The number of unbranched alkanes of at least 4 members (excludes halogenated alkanes) is 3. The molecular formula is C35H46O2. The minimum atomic E-state index is 0.289. The molecule has 0 spiro atoms. The van der Waals surface area contributed by atoms with Gasteiger partial charge in [-0.25, -0.2) is 0 Å². The molecule has 3 aromatic carbocycles. The summed E-state index contributed by atoms with van der Waals surface area (Å²) in [5, 5.41) is 8.36. The fraction of sp³-hybridized carbons (Fsp3) is 0.371. The van der Waals surface area contributed by atoms with Crippen LogP contribution in [0.3, 0.4) is 0 Å². The topological polar surface area (TPSA) is 29.5 Å². The van der Waals surface area contributed by atoms with Gasteiger partial charge >= 0.3 is 0 Å². The first-order valence-electron chi connectivity index (χ1n) is 13.8. The van der Waals surface area contributed by atoms with Crippen LogP contribution in [0.1, 0.15) is 80.2 Å². The molecule has 1 N–H and O–H groups in total. The fourth-order valence-corrected chi connectivity index (χ4v) is 4.62. The zero-order valence-corrected chi connectivity index (χ0v) is 23.5. The van der Waals surface area contributed by atoms with Crippen LogP contribution in [0.25, 0.3) is 17.2 Å². The van der Waals surface area contributed by atoms with E-state index in [-0.39, 0.29) is 5.76 Å². The SMILES string of the molecule is C=C(O)CCC.C=Cc1ccc(OC)c(C)c1.CCCCCCc1ccc2c(c1)CCc1ccccc1-2. The van der Waals surface area contributed by atoms with E-state index >= 15 is 0 Å². The molecule has 1 aliphatic carbocycles. The monoisotopic (exact) mass is 498 g/mol. The fourth-order valence-electron chi connectivity index (χ4n) is 4.62. The molecule has 198 valence electrons. The number of methoxy groups -OCH3 is 1. The molecule has 4 rings (SSSR count). The second-order valence-electron chi connectivity index (χ2n) is 9.71. The largest absolute Gasteiger partial charge is 0.513 e. The number of aliphatic hydroxyl groups excluding tert-OH is 1. The van der Waals surface area contributed by atoms with Gasteiger partial charge in [0.1, 0.15) is 5.75 Å². The average molecular weight is 499 g/mol. The lowest BCUT2D eigenvalue weighted by Gasteiger charge is -2.20. The summed E-state index contributed by atoms with van der Waals surface area (Å²) in [6.07, 6.45) is 12.6. The lowest BCUT2D eigenvalue weighted by molar-refractivity contribution is 0.389. The molecule has 1 aliphatic rings. The molecule has 37 heavy (non-hydrogen) atoms. The summed E-state index contributed by atoms with van der Waals surface area (Å²) in [6, 6.07) is 22.0. The maximum absolute atomic E-state index is 8.36. The molecule has 0 saturated heterocycles. The summed E-state index contributed by atoms with van der Waals surface area (Å²) in [5.41, 5.74) is 9.77. The van der Waals surface area contributed by atoms with Crippen molar-refractivity contribution in [3.05, 3.63) is 107 Å². The zero-order valence-electron chi connectivity index (χ0n) is 23.5. The summed E-state index contributed by atoms with van der Waals surface area (Å²) in [5.74, 6) is 1.22. The van der Waals surface area contributed by atoms with Crippen molar-refractivity contribution in [1.82, 2.24) is 0 Å². The summed E-state index contributed by atoms with van der Waals surface area (Å²) in [7, 11) is 1.68. The van der Waals surface area contributed by atoms with Crippen LogP contribution in [0.5, 0.6) is 5.75 Å². The van der Waals surface area contributed by atoms with Crippen molar-refractivity contribution in [2.24, 2.45) is 0 Å². The van der Waals surface area contributed by atoms with Gasteiger partial charge in [0.25, 0.3) is 0 Å². The van der Waals surface area contributed by atoms with Crippen LogP contribution in [0.15, 0.2) is 79.6 Å². The van der Waals surface area contributed by atoms with Crippen LogP contribution in [0.4, 0.5) is 0 Å². The molecule has 0 aliphatic heterocycles. The number of fused-ring (bicyclic) bond motifs is 3. The van der Waals surface area contributed by atoms with Crippen LogP contribution >= 0.6 is 0 Å². The van der Waals surface area contributed by atoms with Crippen molar-refractivity contribution in [2.75, 3.05) is 7.11 Å². The van der Waals surface area contributed by atoms with Gasteiger partial charge in [0.05, 0.1) is 12.9 Å². The summed E-state index contributed by atoms with van der Waals surface area (Å²) in [6.45, 7) is 13.3. The lowest BCUT2D eigenvalue weighted by Crippen LogP contribution is -2.04. The number of rotatable bonds is 9. The van der Waals surface area contributed by atoms with Crippen LogP contribution in [0.2, 0.25) is 0 Å². The first-order chi connectivity index (χ1) is 17.9. The Hall–Kier alpha value is -3.26. The Morgan fingerprint density at radius 3 is 2.24 bits per heavy atom. The Balaban J connectivity index is 0.000000238. The van der Waals surface area contributed by atoms with E-state index in [0.717, 1.165) is 29.7 Å². The standard InChI is InChI=1S/C20H24.C10H12O.C5H10O/c1-2-3-4-5-8-16-11-14-20-18(15-16)13-12-17-9-6-7-10-19(17)20;1-4-9-5-6-10(11-3)8(2)7-9;1-3-4-5(2)6/h6-7,9-11,14-15H,2-5,8,12-13H2,1H3;4-7H,1H2,2-3H3;6H,2-4H2,1H3. The predicted octanol–water partition coefficient (Wildman–Crippen LogP) is 10.1. The van der Waals surface area contributed by atoms with Gasteiger partial charge in [0, 0.05) is 6.42 Å². The first-order valence-corrected chi connectivity index (χ1v) is 13.8. The van der Waals surface area contributed by atoms with Crippen LogP contribution in [-0.2, 0) is 19.3 Å². The van der Waals surface area contributed by atoms with Crippen LogP contribution in [-0.4, -0.2) is 12.2 Å². The Morgan fingerprint density at radius 1 is 0.892 bits per heavy atom. The number of ether oxygens (including phenoxy) is 1. The highest BCUT2D eigenvalue weighted by Gasteiger charge is 2.15. The third-order valence-electron chi connectivity index (χ3n) is 6.65. The molecule has 0 amide bonds. The molecule has 0 unspecified atom stereocenters. The molecule has 0 saturated carbocycles. The van der Waals surface area contributed by atoms with Gasteiger partial charge in [-0.2, -0.15) is 0 Å². The smallest absolute Gasteiger partial charge is 0.121 e. The van der Waals surface area contributed by atoms with Crippen molar-refractivity contribution in [2.45, 2.75) is 78.6 Å². The van der Waals surface area contributed by atoms with Crippen LogP contribution < -0.4 is 4.74 Å².